The second-order valence-electron chi connectivity index (χ2n) is 5.85. The first-order valence-electron chi connectivity index (χ1n) is 7.69. The lowest BCUT2D eigenvalue weighted by Gasteiger charge is -2.30. The molecule has 6 heteroatoms. The Labute approximate surface area is 134 Å². The molecule has 2 aromatic rings. The minimum absolute atomic E-state index is 0.0444. The molecule has 0 bridgehead atoms. The van der Waals surface area contributed by atoms with E-state index in [2.05, 4.69) is 5.10 Å². The number of nitrogens with zero attached hydrogens (tertiary/aromatic N) is 3. The molecule has 120 valence electrons. The van der Waals surface area contributed by atoms with Crippen LogP contribution in [0, 0.1) is 12.8 Å². The normalized spacial score (nSPS) is 15.6. The molecule has 1 fully saturated rings. The average Bonchev–Trinajstić information content (AvgIpc) is 3.01. The number of carbonyl (C=O) groups excluding carboxylic acids is 1. The highest BCUT2D eigenvalue weighted by Gasteiger charge is 2.27. The van der Waals surface area contributed by atoms with Gasteiger partial charge in [-0.25, -0.2) is 4.68 Å². The Morgan fingerprint density at radius 2 is 1.78 bits per heavy atom. The summed E-state index contributed by atoms with van der Waals surface area (Å²) in [5.74, 6) is -1.14. The van der Waals surface area contributed by atoms with Gasteiger partial charge in [0.05, 0.1) is 17.3 Å². The number of hydrogen-bond donors (Lipinski definition) is 1. The van der Waals surface area contributed by atoms with E-state index < -0.39 is 5.97 Å². The molecule has 1 aliphatic rings. The zero-order chi connectivity index (χ0) is 16.4. The molecular weight excluding hydrogens is 294 g/mol. The lowest BCUT2D eigenvalue weighted by atomic mass is 9.96. The molecule has 6 nitrogen and oxygen atoms in total. The van der Waals surface area contributed by atoms with Gasteiger partial charge in [0.25, 0.3) is 5.91 Å². The van der Waals surface area contributed by atoms with Gasteiger partial charge < -0.3 is 10.0 Å². The molecule has 1 aromatic carbocycles. The molecule has 0 saturated carbocycles. The summed E-state index contributed by atoms with van der Waals surface area (Å²) in [7, 11) is 0. The second-order valence-corrected chi connectivity index (χ2v) is 5.85. The van der Waals surface area contributed by atoms with Crippen LogP contribution in [0.3, 0.4) is 0 Å². The number of rotatable bonds is 3. The van der Waals surface area contributed by atoms with Gasteiger partial charge in [-0.1, -0.05) is 0 Å². The maximum absolute atomic E-state index is 12.5. The van der Waals surface area contributed by atoms with Crippen molar-refractivity contribution in [2.75, 3.05) is 13.1 Å². The molecule has 23 heavy (non-hydrogen) atoms. The summed E-state index contributed by atoms with van der Waals surface area (Å²) in [5.41, 5.74) is 2.46. The fraction of sp³-hybridized carbons (Fsp3) is 0.353. The molecule has 0 unspecified atom stereocenters. The first-order valence-corrected chi connectivity index (χ1v) is 7.69. The maximum Gasteiger partial charge on any atom is 0.306 e. The number of amides is 1. The number of benzene rings is 1. The Hall–Kier alpha value is -2.63. The number of carboxylic acid groups (broad SMARTS) is 1. The van der Waals surface area contributed by atoms with Gasteiger partial charge in [0.1, 0.15) is 0 Å². The zero-order valence-corrected chi connectivity index (χ0v) is 13.0. The van der Waals surface area contributed by atoms with Crippen molar-refractivity contribution in [2.24, 2.45) is 5.92 Å². The third-order valence-electron chi connectivity index (χ3n) is 4.23. The maximum atomic E-state index is 12.5. The largest absolute Gasteiger partial charge is 0.481 e. The predicted molar refractivity (Wildman–Crippen MR) is 84.6 cm³/mol. The van der Waals surface area contributed by atoms with Gasteiger partial charge in [-0.3, -0.25) is 9.59 Å². The Kier molecular flexibility index (Phi) is 4.14. The van der Waals surface area contributed by atoms with Crippen LogP contribution in [0.5, 0.6) is 0 Å². The first-order chi connectivity index (χ1) is 11.0. The number of piperidine rings is 1. The average molecular weight is 313 g/mol. The second kappa shape index (κ2) is 6.24. The number of aromatic nitrogens is 2. The van der Waals surface area contributed by atoms with Gasteiger partial charge in [0.15, 0.2) is 0 Å². The third-order valence-corrected chi connectivity index (χ3v) is 4.23. The van der Waals surface area contributed by atoms with Gasteiger partial charge in [0.2, 0.25) is 0 Å². The standard InChI is InChI=1S/C17H19N3O3/c1-12-6-11-20(18-12)15-4-2-13(3-5-15)16(21)19-9-7-14(8-10-19)17(22)23/h2-6,11,14H,7-10H2,1H3,(H,22,23). The van der Waals surface area contributed by atoms with E-state index in [0.717, 1.165) is 11.4 Å². The van der Waals surface area contributed by atoms with Crippen molar-refractivity contribution in [3.63, 3.8) is 0 Å². The highest BCUT2D eigenvalue weighted by atomic mass is 16.4. The number of carboxylic acids is 1. The first kappa shape index (κ1) is 15.3. The van der Waals surface area contributed by atoms with E-state index in [-0.39, 0.29) is 11.8 Å². The number of carbonyl (C=O) groups is 2. The molecule has 1 N–H and O–H groups in total. The van der Waals surface area contributed by atoms with Crippen molar-refractivity contribution in [1.82, 2.24) is 14.7 Å². The Morgan fingerprint density at radius 3 is 2.30 bits per heavy atom. The monoisotopic (exact) mass is 313 g/mol. The highest BCUT2D eigenvalue weighted by Crippen LogP contribution is 2.20. The quantitative estimate of drug-likeness (QED) is 0.942. The zero-order valence-electron chi connectivity index (χ0n) is 13.0. The van der Waals surface area contributed by atoms with Crippen molar-refractivity contribution < 1.29 is 14.7 Å². The topological polar surface area (TPSA) is 75.4 Å². The molecule has 0 spiro atoms. The van der Waals surface area contributed by atoms with Crippen LogP contribution in [0.1, 0.15) is 28.9 Å². The van der Waals surface area contributed by atoms with E-state index >= 15 is 0 Å². The SMILES string of the molecule is Cc1ccn(-c2ccc(C(=O)N3CCC(C(=O)O)CC3)cc2)n1. The van der Waals surface area contributed by atoms with E-state index in [1.807, 2.05) is 31.3 Å². The number of aryl methyl sites for hydroxylation is 1. The van der Waals surface area contributed by atoms with Crippen molar-refractivity contribution >= 4 is 11.9 Å². The fourth-order valence-corrected chi connectivity index (χ4v) is 2.83. The van der Waals surface area contributed by atoms with E-state index in [1.54, 1.807) is 21.7 Å². The van der Waals surface area contributed by atoms with Gasteiger partial charge in [-0.05, 0) is 50.1 Å². The van der Waals surface area contributed by atoms with E-state index in [4.69, 9.17) is 5.11 Å². The third kappa shape index (κ3) is 3.26. The van der Waals surface area contributed by atoms with Gasteiger partial charge >= 0.3 is 5.97 Å². The van der Waals surface area contributed by atoms with E-state index in [9.17, 15) is 9.59 Å². The lowest BCUT2D eigenvalue weighted by Crippen LogP contribution is -2.40. The van der Waals surface area contributed by atoms with Gasteiger partial charge in [-0.2, -0.15) is 5.10 Å². The van der Waals surface area contributed by atoms with Gasteiger partial charge in [0, 0.05) is 24.8 Å². The van der Waals surface area contributed by atoms with Crippen LogP contribution in [0.2, 0.25) is 0 Å². The highest BCUT2D eigenvalue weighted by molar-refractivity contribution is 5.94. The number of hydrogen-bond acceptors (Lipinski definition) is 3. The van der Waals surface area contributed by atoms with Crippen molar-refractivity contribution in [3.05, 3.63) is 47.8 Å². The molecule has 1 aromatic heterocycles. The van der Waals surface area contributed by atoms with Crippen LogP contribution in [-0.4, -0.2) is 44.8 Å². The fourth-order valence-electron chi connectivity index (χ4n) is 2.83. The van der Waals surface area contributed by atoms with Crippen LogP contribution >= 0.6 is 0 Å². The molecule has 1 amide bonds. The minimum Gasteiger partial charge on any atom is -0.481 e. The van der Waals surface area contributed by atoms with E-state index in [0.29, 0.717) is 31.5 Å². The van der Waals surface area contributed by atoms with Gasteiger partial charge in [-0.15, -0.1) is 0 Å². The van der Waals surface area contributed by atoms with Crippen LogP contribution in [-0.2, 0) is 4.79 Å². The van der Waals surface area contributed by atoms with Crippen LogP contribution in [0.4, 0.5) is 0 Å². The summed E-state index contributed by atoms with van der Waals surface area (Å²) in [6.45, 7) is 2.92. The predicted octanol–water partition coefficient (Wildman–Crippen LogP) is 2.12. The molecule has 1 saturated heterocycles. The summed E-state index contributed by atoms with van der Waals surface area (Å²) in [6, 6.07) is 9.23. The molecule has 0 radical (unpaired) electrons. The van der Waals surface area contributed by atoms with Crippen LogP contribution in [0.25, 0.3) is 5.69 Å². The van der Waals surface area contributed by atoms with E-state index in [1.165, 1.54) is 0 Å². The molecule has 3 rings (SSSR count). The van der Waals surface area contributed by atoms with Crippen molar-refractivity contribution in [1.29, 1.82) is 0 Å². The smallest absolute Gasteiger partial charge is 0.306 e. The molecular formula is C17H19N3O3. The van der Waals surface area contributed by atoms with Crippen LogP contribution < -0.4 is 0 Å². The molecule has 0 aliphatic carbocycles. The number of aliphatic carboxylic acids is 1. The minimum atomic E-state index is -0.768. The molecule has 0 atom stereocenters. The Bertz CT molecular complexity index is 713. The number of likely N-dealkylation sites (tertiary alicyclic amines) is 1. The summed E-state index contributed by atoms with van der Waals surface area (Å²) in [5, 5.41) is 13.3. The summed E-state index contributed by atoms with van der Waals surface area (Å²) < 4.78 is 1.77. The summed E-state index contributed by atoms with van der Waals surface area (Å²) >= 11 is 0. The molecule has 1 aliphatic heterocycles. The lowest BCUT2D eigenvalue weighted by molar-refractivity contribution is -0.143. The van der Waals surface area contributed by atoms with Crippen LogP contribution in [0.15, 0.2) is 36.5 Å². The summed E-state index contributed by atoms with van der Waals surface area (Å²) in [6.07, 6.45) is 2.92. The van der Waals surface area contributed by atoms with Crippen molar-refractivity contribution in [3.8, 4) is 5.69 Å². The Balaban J connectivity index is 1.68. The molecule has 2 heterocycles. The van der Waals surface area contributed by atoms with Crippen molar-refractivity contribution in [2.45, 2.75) is 19.8 Å². The Morgan fingerprint density at radius 1 is 1.13 bits per heavy atom. The summed E-state index contributed by atoms with van der Waals surface area (Å²) in [4.78, 5) is 25.2.